The van der Waals surface area contributed by atoms with Crippen LogP contribution < -0.4 is 0 Å². The van der Waals surface area contributed by atoms with E-state index in [-0.39, 0.29) is 5.91 Å². The third-order valence-electron chi connectivity index (χ3n) is 4.13. The van der Waals surface area contributed by atoms with Gasteiger partial charge in [0.1, 0.15) is 5.76 Å². The van der Waals surface area contributed by atoms with Crippen LogP contribution in [0.5, 0.6) is 0 Å². The van der Waals surface area contributed by atoms with E-state index in [4.69, 9.17) is 4.42 Å². The van der Waals surface area contributed by atoms with E-state index in [9.17, 15) is 4.79 Å². The SMILES string of the molecule is CCc1ccc(C(=O)N2CCN(Cc3ccccc3)CC2)o1. The molecule has 1 aliphatic heterocycles. The Morgan fingerprint density at radius 3 is 2.41 bits per heavy atom. The van der Waals surface area contributed by atoms with E-state index in [1.165, 1.54) is 5.56 Å². The Labute approximate surface area is 131 Å². The van der Waals surface area contributed by atoms with Crippen LogP contribution in [0.15, 0.2) is 46.9 Å². The predicted molar refractivity (Wildman–Crippen MR) is 85.7 cm³/mol. The molecule has 0 saturated carbocycles. The largest absolute Gasteiger partial charge is 0.456 e. The van der Waals surface area contributed by atoms with Crippen LogP contribution in [0.2, 0.25) is 0 Å². The van der Waals surface area contributed by atoms with Gasteiger partial charge >= 0.3 is 0 Å². The molecule has 0 unspecified atom stereocenters. The Morgan fingerprint density at radius 2 is 1.77 bits per heavy atom. The summed E-state index contributed by atoms with van der Waals surface area (Å²) in [7, 11) is 0. The zero-order chi connectivity index (χ0) is 15.4. The van der Waals surface area contributed by atoms with E-state index >= 15 is 0 Å². The van der Waals surface area contributed by atoms with Gasteiger partial charge in [0.2, 0.25) is 0 Å². The van der Waals surface area contributed by atoms with Gasteiger partial charge in [0.15, 0.2) is 5.76 Å². The number of carbonyl (C=O) groups excluding carboxylic acids is 1. The van der Waals surface area contributed by atoms with E-state index in [2.05, 4.69) is 29.2 Å². The van der Waals surface area contributed by atoms with Crippen LogP contribution >= 0.6 is 0 Å². The van der Waals surface area contributed by atoms with Gasteiger partial charge in [0.25, 0.3) is 5.91 Å². The molecular weight excluding hydrogens is 276 g/mol. The first-order valence-electron chi connectivity index (χ1n) is 7.90. The lowest BCUT2D eigenvalue weighted by Crippen LogP contribution is -2.48. The van der Waals surface area contributed by atoms with Crippen molar-refractivity contribution in [1.82, 2.24) is 9.80 Å². The zero-order valence-corrected chi connectivity index (χ0v) is 13.0. The number of nitrogens with zero attached hydrogens (tertiary/aromatic N) is 2. The van der Waals surface area contributed by atoms with Gasteiger partial charge in [0, 0.05) is 39.1 Å². The smallest absolute Gasteiger partial charge is 0.289 e. The number of furan rings is 1. The molecule has 4 heteroatoms. The molecule has 22 heavy (non-hydrogen) atoms. The van der Waals surface area contributed by atoms with E-state index < -0.39 is 0 Å². The van der Waals surface area contributed by atoms with E-state index in [1.54, 1.807) is 6.07 Å². The summed E-state index contributed by atoms with van der Waals surface area (Å²) in [4.78, 5) is 16.7. The molecule has 2 heterocycles. The van der Waals surface area contributed by atoms with E-state index in [1.807, 2.05) is 24.0 Å². The number of aryl methyl sites for hydroxylation is 1. The van der Waals surface area contributed by atoms with Gasteiger partial charge in [-0.15, -0.1) is 0 Å². The first kappa shape index (κ1) is 14.9. The second-order valence-corrected chi connectivity index (χ2v) is 5.67. The van der Waals surface area contributed by atoms with Crippen LogP contribution in [0.4, 0.5) is 0 Å². The average molecular weight is 298 g/mol. The quantitative estimate of drug-likeness (QED) is 0.871. The molecule has 4 nitrogen and oxygen atoms in total. The first-order chi connectivity index (χ1) is 10.8. The third-order valence-corrected chi connectivity index (χ3v) is 4.13. The number of benzene rings is 1. The van der Waals surface area contributed by atoms with Gasteiger partial charge < -0.3 is 9.32 Å². The maximum atomic E-state index is 12.4. The molecule has 1 aromatic carbocycles. The van der Waals surface area contributed by atoms with Crippen molar-refractivity contribution in [3.63, 3.8) is 0 Å². The van der Waals surface area contributed by atoms with Crippen molar-refractivity contribution >= 4 is 5.91 Å². The van der Waals surface area contributed by atoms with E-state index in [0.29, 0.717) is 5.76 Å². The molecule has 3 rings (SSSR count). The molecule has 116 valence electrons. The summed E-state index contributed by atoms with van der Waals surface area (Å²) >= 11 is 0. The lowest BCUT2D eigenvalue weighted by atomic mass is 10.2. The molecule has 1 aliphatic rings. The highest BCUT2D eigenvalue weighted by molar-refractivity contribution is 5.91. The van der Waals surface area contributed by atoms with Gasteiger partial charge in [-0.25, -0.2) is 0 Å². The van der Waals surface area contributed by atoms with Crippen LogP contribution in [0.25, 0.3) is 0 Å². The highest BCUT2D eigenvalue weighted by atomic mass is 16.4. The summed E-state index contributed by atoms with van der Waals surface area (Å²) in [5.74, 6) is 1.35. The topological polar surface area (TPSA) is 36.7 Å². The summed E-state index contributed by atoms with van der Waals surface area (Å²) < 4.78 is 5.57. The van der Waals surface area contributed by atoms with Gasteiger partial charge in [-0.3, -0.25) is 9.69 Å². The van der Waals surface area contributed by atoms with Crippen LogP contribution in [-0.2, 0) is 13.0 Å². The third kappa shape index (κ3) is 3.39. The molecule has 2 aromatic rings. The molecule has 0 spiro atoms. The normalized spacial score (nSPS) is 16.0. The van der Waals surface area contributed by atoms with Gasteiger partial charge in [-0.2, -0.15) is 0 Å². The summed E-state index contributed by atoms with van der Waals surface area (Å²) in [5.41, 5.74) is 1.32. The average Bonchev–Trinajstić information content (AvgIpc) is 3.05. The Morgan fingerprint density at radius 1 is 1.05 bits per heavy atom. The fourth-order valence-electron chi connectivity index (χ4n) is 2.79. The fraction of sp³-hybridized carbons (Fsp3) is 0.389. The minimum absolute atomic E-state index is 0.0130. The summed E-state index contributed by atoms with van der Waals surface area (Å²) in [6, 6.07) is 14.1. The number of hydrogen-bond donors (Lipinski definition) is 0. The van der Waals surface area contributed by atoms with Crippen LogP contribution in [-0.4, -0.2) is 41.9 Å². The Kier molecular flexibility index (Phi) is 4.59. The highest BCUT2D eigenvalue weighted by Crippen LogP contribution is 2.14. The molecule has 0 N–H and O–H groups in total. The summed E-state index contributed by atoms with van der Waals surface area (Å²) in [5, 5.41) is 0. The van der Waals surface area contributed by atoms with Crippen molar-refractivity contribution in [1.29, 1.82) is 0 Å². The van der Waals surface area contributed by atoms with Gasteiger partial charge in [-0.1, -0.05) is 37.3 Å². The number of carbonyl (C=O) groups is 1. The molecule has 0 atom stereocenters. The van der Waals surface area contributed by atoms with Crippen molar-refractivity contribution in [2.24, 2.45) is 0 Å². The molecule has 1 aromatic heterocycles. The number of hydrogen-bond acceptors (Lipinski definition) is 3. The van der Waals surface area contributed by atoms with Gasteiger partial charge in [0.05, 0.1) is 0 Å². The second-order valence-electron chi connectivity index (χ2n) is 5.67. The molecular formula is C18H22N2O2. The minimum atomic E-state index is 0.0130. The lowest BCUT2D eigenvalue weighted by molar-refractivity contribution is 0.0596. The summed E-state index contributed by atoms with van der Waals surface area (Å²) in [6.07, 6.45) is 0.818. The summed E-state index contributed by atoms with van der Waals surface area (Å²) in [6.45, 7) is 6.30. The standard InChI is InChI=1S/C18H22N2O2/c1-2-16-8-9-17(22-16)18(21)20-12-10-19(11-13-20)14-15-6-4-3-5-7-15/h3-9H,2,10-14H2,1H3. The monoisotopic (exact) mass is 298 g/mol. The molecule has 1 saturated heterocycles. The van der Waals surface area contributed by atoms with Crippen molar-refractivity contribution in [3.8, 4) is 0 Å². The zero-order valence-electron chi connectivity index (χ0n) is 13.0. The van der Waals surface area contributed by atoms with E-state index in [0.717, 1.165) is 44.9 Å². The molecule has 1 amide bonds. The van der Waals surface area contributed by atoms with Crippen molar-refractivity contribution in [3.05, 3.63) is 59.5 Å². The predicted octanol–water partition coefficient (Wildman–Crippen LogP) is 2.80. The molecule has 0 bridgehead atoms. The maximum Gasteiger partial charge on any atom is 0.289 e. The van der Waals surface area contributed by atoms with Crippen molar-refractivity contribution in [2.75, 3.05) is 26.2 Å². The van der Waals surface area contributed by atoms with Crippen LogP contribution in [0.1, 0.15) is 28.8 Å². The van der Waals surface area contributed by atoms with Crippen LogP contribution in [0.3, 0.4) is 0 Å². The Bertz CT molecular complexity index is 613. The molecule has 0 aliphatic carbocycles. The van der Waals surface area contributed by atoms with Gasteiger partial charge in [-0.05, 0) is 17.7 Å². The van der Waals surface area contributed by atoms with Crippen molar-refractivity contribution in [2.45, 2.75) is 19.9 Å². The highest BCUT2D eigenvalue weighted by Gasteiger charge is 2.24. The number of piperazine rings is 1. The molecule has 1 fully saturated rings. The second kappa shape index (κ2) is 6.79. The molecule has 0 radical (unpaired) electrons. The Balaban J connectivity index is 1.54. The van der Waals surface area contributed by atoms with Crippen molar-refractivity contribution < 1.29 is 9.21 Å². The van der Waals surface area contributed by atoms with Crippen LogP contribution in [0, 0.1) is 0 Å². The first-order valence-corrected chi connectivity index (χ1v) is 7.90. The Hall–Kier alpha value is -2.07. The minimum Gasteiger partial charge on any atom is -0.456 e. The number of rotatable bonds is 4. The lowest BCUT2D eigenvalue weighted by Gasteiger charge is -2.34. The fourth-order valence-corrected chi connectivity index (χ4v) is 2.79. The number of amides is 1. The maximum absolute atomic E-state index is 12.4.